The molecule has 0 saturated carbocycles. The van der Waals surface area contributed by atoms with Gasteiger partial charge in [0.05, 0.1) is 0 Å². The first kappa shape index (κ1) is 25.3. The van der Waals surface area contributed by atoms with E-state index in [1.165, 1.54) is 0 Å². The molecule has 0 saturated heterocycles. The zero-order chi connectivity index (χ0) is 24.4. The molecule has 6 nitrogen and oxygen atoms in total. The highest BCUT2D eigenvalue weighted by atomic mass is 35.5. The van der Waals surface area contributed by atoms with Gasteiger partial charge in [-0.05, 0) is 64.4 Å². The van der Waals surface area contributed by atoms with Gasteiger partial charge in [-0.3, -0.25) is 9.69 Å². The van der Waals surface area contributed by atoms with Crippen molar-refractivity contribution in [1.29, 1.82) is 0 Å². The molecule has 2 aromatic carbocycles. The van der Waals surface area contributed by atoms with Crippen LogP contribution in [0.1, 0.15) is 45.7 Å². The molecule has 33 heavy (non-hydrogen) atoms. The van der Waals surface area contributed by atoms with Gasteiger partial charge in [-0.25, -0.2) is 4.79 Å². The summed E-state index contributed by atoms with van der Waals surface area (Å²) in [6.45, 7) is 10.2. The summed E-state index contributed by atoms with van der Waals surface area (Å²) in [6.07, 6.45) is -0.0847. The summed E-state index contributed by atoms with van der Waals surface area (Å²) in [6, 6.07) is 12.9. The third-order valence-corrected chi connectivity index (χ3v) is 6.03. The number of rotatable bonds is 7. The minimum absolute atomic E-state index is 0.0224. The van der Waals surface area contributed by atoms with Crippen LogP contribution in [0.4, 0.5) is 10.5 Å². The van der Waals surface area contributed by atoms with Gasteiger partial charge in [0.2, 0.25) is 5.91 Å². The van der Waals surface area contributed by atoms with Gasteiger partial charge in [-0.15, -0.1) is 0 Å². The largest absolute Gasteiger partial charge is 0.448 e. The summed E-state index contributed by atoms with van der Waals surface area (Å²) in [5.41, 5.74) is 1.04. The molecular weight excluding hydrogens is 461 g/mol. The molecule has 178 valence electrons. The van der Waals surface area contributed by atoms with Crippen molar-refractivity contribution in [2.75, 3.05) is 18.5 Å². The van der Waals surface area contributed by atoms with Crippen LogP contribution in [0.25, 0.3) is 0 Å². The van der Waals surface area contributed by atoms with Crippen molar-refractivity contribution >= 4 is 40.9 Å². The number of nitrogens with one attached hydrogen (secondary N) is 2. The molecule has 1 aliphatic heterocycles. The highest BCUT2D eigenvalue weighted by Gasteiger charge is 2.52. The number of alkyl carbamates (subject to hydrolysis) is 1. The maximum absolute atomic E-state index is 13.6. The molecule has 2 amide bonds. The highest BCUT2D eigenvalue weighted by Crippen LogP contribution is 2.45. The normalized spacial score (nSPS) is 17.8. The van der Waals surface area contributed by atoms with Gasteiger partial charge in [0.1, 0.15) is 12.1 Å². The van der Waals surface area contributed by atoms with E-state index in [9.17, 15) is 9.59 Å². The van der Waals surface area contributed by atoms with E-state index in [0.29, 0.717) is 28.7 Å². The molecule has 0 fully saturated rings. The van der Waals surface area contributed by atoms with Crippen molar-refractivity contribution in [3.63, 3.8) is 0 Å². The van der Waals surface area contributed by atoms with E-state index in [4.69, 9.17) is 27.9 Å². The number of halogens is 2. The molecule has 2 N–H and O–H groups in total. The Hall–Kier alpha value is -2.28. The van der Waals surface area contributed by atoms with Crippen LogP contribution in [0.15, 0.2) is 42.5 Å². The van der Waals surface area contributed by atoms with E-state index < -0.39 is 17.2 Å². The van der Waals surface area contributed by atoms with E-state index in [2.05, 4.69) is 15.5 Å². The van der Waals surface area contributed by atoms with Crippen LogP contribution in [0.5, 0.6) is 0 Å². The molecule has 0 aromatic heterocycles. The Morgan fingerprint density at radius 3 is 2.48 bits per heavy atom. The Balaban J connectivity index is 1.97. The molecule has 1 aliphatic rings. The van der Waals surface area contributed by atoms with Gasteiger partial charge in [0, 0.05) is 45.8 Å². The Morgan fingerprint density at radius 2 is 1.85 bits per heavy atom. The first-order valence-electron chi connectivity index (χ1n) is 11.0. The minimum atomic E-state index is -1.01. The number of nitrogens with zero attached hydrogens (tertiary/aromatic N) is 1. The van der Waals surface area contributed by atoms with E-state index in [-0.39, 0.29) is 18.6 Å². The Kier molecular flexibility index (Phi) is 7.62. The number of amides is 2. The average molecular weight is 492 g/mol. The van der Waals surface area contributed by atoms with Crippen LogP contribution in [-0.2, 0) is 21.5 Å². The molecule has 0 radical (unpaired) electrons. The molecule has 8 heteroatoms. The number of fused-ring (bicyclic) bond motifs is 1. The van der Waals surface area contributed by atoms with Crippen molar-refractivity contribution in [1.82, 2.24) is 10.2 Å². The van der Waals surface area contributed by atoms with Crippen molar-refractivity contribution < 1.29 is 14.3 Å². The van der Waals surface area contributed by atoms with Crippen LogP contribution in [0.2, 0.25) is 10.0 Å². The summed E-state index contributed by atoms with van der Waals surface area (Å²) >= 11 is 12.5. The molecule has 0 aliphatic carbocycles. The molecular formula is C25H31Cl2N3O3. The minimum Gasteiger partial charge on any atom is -0.448 e. The van der Waals surface area contributed by atoms with Gasteiger partial charge in [0.15, 0.2) is 0 Å². The molecule has 0 bridgehead atoms. The summed E-state index contributed by atoms with van der Waals surface area (Å²) < 4.78 is 5.45. The van der Waals surface area contributed by atoms with Crippen molar-refractivity contribution in [3.05, 3.63) is 63.6 Å². The van der Waals surface area contributed by atoms with Gasteiger partial charge in [-0.1, -0.05) is 41.4 Å². The average Bonchev–Trinajstić information content (AvgIpc) is 2.94. The summed E-state index contributed by atoms with van der Waals surface area (Å²) in [5, 5.41) is 6.96. The van der Waals surface area contributed by atoms with Crippen LogP contribution < -0.4 is 10.6 Å². The van der Waals surface area contributed by atoms with Gasteiger partial charge in [0.25, 0.3) is 0 Å². The second-order valence-electron chi connectivity index (χ2n) is 9.61. The van der Waals surface area contributed by atoms with Crippen LogP contribution in [-0.4, -0.2) is 41.6 Å². The monoisotopic (exact) mass is 491 g/mol. The maximum atomic E-state index is 13.6. The fourth-order valence-electron chi connectivity index (χ4n) is 4.30. The number of anilines is 1. The topological polar surface area (TPSA) is 70.7 Å². The maximum Gasteiger partial charge on any atom is 0.407 e. The number of carbonyl (C=O) groups is 2. The standard InChI is InChI=1S/C25H31Cl2N3O3/c1-16(2)30(11-12-33-23(32)29-24(3,4)5)25(15-17-7-6-8-18(26)13-17)20-10-9-19(27)14-21(20)28-22(25)31/h6-10,13-14,16H,11-12,15H2,1-5H3,(H,28,31)(H,29,32). The second-order valence-corrected chi connectivity index (χ2v) is 10.5. The summed E-state index contributed by atoms with van der Waals surface area (Å²) in [5.74, 6) is -0.146. The zero-order valence-electron chi connectivity index (χ0n) is 19.7. The van der Waals surface area contributed by atoms with Crippen molar-refractivity contribution in [2.24, 2.45) is 0 Å². The predicted octanol–water partition coefficient (Wildman–Crippen LogP) is 5.62. The Labute approximate surface area is 205 Å². The van der Waals surface area contributed by atoms with Crippen LogP contribution >= 0.6 is 23.2 Å². The number of hydrogen-bond acceptors (Lipinski definition) is 4. The second kappa shape index (κ2) is 9.92. The lowest BCUT2D eigenvalue weighted by molar-refractivity contribution is -0.129. The van der Waals surface area contributed by atoms with E-state index in [1.54, 1.807) is 12.1 Å². The Morgan fingerprint density at radius 1 is 1.15 bits per heavy atom. The lowest BCUT2D eigenvalue weighted by Gasteiger charge is -2.42. The van der Waals surface area contributed by atoms with Crippen LogP contribution in [0, 0.1) is 0 Å². The molecule has 0 spiro atoms. The first-order valence-corrected chi connectivity index (χ1v) is 11.8. The summed E-state index contributed by atoms with van der Waals surface area (Å²) in [4.78, 5) is 27.9. The number of carbonyl (C=O) groups excluding carboxylic acids is 2. The molecule has 1 atom stereocenters. The van der Waals surface area contributed by atoms with Gasteiger partial charge < -0.3 is 15.4 Å². The molecule has 1 unspecified atom stereocenters. The predicted molar refractivity (Wildman–Crippen MR) is 133 cm³/mol. The molecule has 2 aromatic rings. The lowest BCUT2D eigenvalue weighted by Crippen LogP contribution is -2.56. The molecule has 1 heterocycles. The first-order chi connectivity index (χ1) is 15.4. The zero-order valence-corrected chi connectivity index (χ0v) is 21.2. The summed E-state index contributed by atoms with van der Waals surface area (Å²) in [7, 11) is 0. The SMILES string of the molecule is CC(C)N(CCOC(=O)NC(C)(C)C)C1(Cc2cccc(Cl)c2)C(=O)Nc2cc(Cl)ccc21. The third kappa shape index (κ3) is 5.81. The number of ether oxygens (including phenoxy) is 1. The smallest absolute Gasteiger partial charge is 0.407 e. The quantitative estimate of drug-likeness (QED) is 0.527. The van der Waals surface area contributed by atoms with Crippen molar-refractivity contribution in [3.8, 4) is 0 Å². The fourth-order valence-corrected chi connectivity index (χ4v) is 4.69. The molecule has 3 rings (SSSR count). The number of hydrogen-bond donors (Lipinski definition) is 2. The third-order valence-electron chi connectivity index (χ3n) is 5.56. The highest BCUT2D eigenvalue weighted by molar-refractivity contribution is 6.31. The van der Waals surface area contributed by atoms with Gasteiger partial charge in [-0.2, -0.15) is 0 Å². The Bertz CT molecular complexity index is 1040. The van der Waals surface area contributed by atoms with E-state index in [1.807, 2.05) is 65.0 Å². The number of benzene rings is 2. The van der Waals surface area contributed by atoms with Crippen LogP contribution in [0.3, 0.4) is 0 Å². The van der Waals surface area contributed by atoms with Crippen molar-refractivity contribution in [2.45, 2.75) is 58.2 Å². The van der Waals surface area contributed by atoms with E-state index in [0.717, 1.165) is 11.1 Å². The fraction of sp³-hybridized carbons (Fsp3) is 0.440. The lowest BCUT2D eigenvalue weighted by atomic mass is 9.82. The van der Waals surface area contributed by atoms with Gasteiger partial charge >= 0.3 is 6.09 Å². The van der Waals surface area contributed by atoms with E-state index >= 15 is 0 Å².